The molecule has 0 aliphatic carbocycles. The first-order valence-electron chi connectivity index (χ1n) is 8.90. The minimum atomic E-state index is -1.08. The van der Waals surface area contributed by atoms with Crippen LogP contribution in [-0.2, 0) is 11.3 Å². The molecule has 2 aromatic rings. The Labute approximate surface area is 157 Å². The van der Waals surface area contributed by atoms with Gasteiger partial charge in [-0.1, -0.05) is 36.4 Å². The van der Waals surface area contributed by atoms with E-state index in [1.807, 2.05) is 30.3 Å². The predicted molar refractivity (Wildman–Crippen MR) is 97.6 cm³/mol. The number of amides is 1. The molecule has 3 rings (SSSR count). The highest BCUT2D eigenvalue weighted by atomic mass is 16.6. The van der Waals surface area contributed by atoms with Gasteiger partial charge in [0.15, 0.2) is 5.69 Å². The third-order valence-electron chi connectivity index (χ3n) is 4.49. The lowest BCUT2D eigenvalue weighted by Crippen LogP contribution is -2.40. The summed E-state index contributed by atoms with van der Waals surface area (Å²) in [7, 11) is 0. The van der Waals surface area contributed by atoms with E-state index < -0.39 is 5.97 Å². The summed E-state index contributed by atoms with van der Waals surface area (Å²) in [5, 5.41) is 8.96. The van der Waals surface area contributed by atoms with Gasteiger partial charge in [-0.25, -0.2) is 14.6 Å². The van der Waals surface area contributed by atoms with Crippen LogP contribution in [0, 0.1) is 5.92 Å². The van der Waals surface area contributed by atoms with Crippen LogP contribution >= 0.6 is 0 Å². The number of aromatic nitrogens is 1. The van der Waals surface area contributed by atoms with E-state index in [0.29, 0.717) is 31.5 Å². The van der Waals surface area contributed by atoms with Crippen molar-refractivity contribution in [1.29, 1.82) is 0 Å². The maximum absolute atomic E-state index is 12.2. The van der Waals surface area contributed by atoms with Gasteiger partial charge in [-0.3, -0.25) is 0 Å². The number of nitrogens with zero attached hydrogens (tertiary/aromatic N) is 2. The largest absolute Gasteiger partial charge is 0.477 e. The van der Waals surface area contributed by atoms with E-state index in [-0.39, 0.29) is 18.4 Å². The number of likely N-dealkylation sites (tertiary alicyclic amines) is 1. The molecule has 1 aliphatic heterocycles. The molecule has 1 N–H and O–H groups in total. The summed E-state index contributed by atoms with van der Waals surface area (Å²) in [6.07, 6.45) is 1.31. The monoisotopic (exact) mass is 370 g/mol. The zero-order chi connectivity index (χ0) is 19.1. The summed E-state index contributed by atoms with van der Waals surface area (Å²) in [4.78, 5) is 28.8. The van der Waals surface area contributed by atoms with E-state index in [2.05, 4.69) is 4.98 Å². The second-order valence-corrected chi connectivity index (χ2v) is 6.45. The number of benzene rings is 1. The molecule has 1 fully saturated rings. The highest BCUT2D eigenvalue weighted by Crippen LogP contribution is 2.20. The zero-order valence-corrected chi connectivity index (χ0v) is 14.9. The van der Waals surface area contributed by atoms with Crippen LogP contribution in [0.2, 0.25) is 0 Å². The molecule has 1 saturated heterocycles. The molecule has 1 aliphatic rings. The van der Waals surface area contributed by atoms with Gasteiger partial charge in [-0.2, -0.15) is 0 Å². The van der Waals surface area contributed by atoms with Crippen molar-refractivity contribution in [3.63, 3.8) is 0 Å². The number of aromatic carboxylic acids is 1. The topological polar surface area (TPSA) is 89.0 Å². The van der Waals surface area contributed by atoms with E-state index >= 15 is 0 Å². The second kappa shape index (κ2) is 9.02. The van der Waals surface area contributed by atoms with Gasteiger partial charge in [-0.15, -0.1) is 0 Å². The normalized spacial score (nSPS) is 14.6. The van der Waals surface area contributed by atoms with Crippen molar-refractivity contribution in [3.05, 3.63) is 59.8 Å². The fraction of sp³-hybridized carbons (Fsp3) is 0.350. The van der Waals surface area contributed by atoms with Crippen molar-refractivity contribution in [1.82, 2.24) is 9.88 Å². The quantitative estimate of drug-likeness (QED) is 0.840. The van der Waals surface area contributed by atoms with Gasteiger partial charge in [0.2, 0.25) is 5.88 Å². The lowest BCUT2D eigenvalue weighted by Gasteiger charge is -2.31. The number of rotatable bonds is 6. The molecule has 0 saturated carbocycles. The average Bonchev–Trinajstić information content (AvgIpc) is 2.72. The molecule has 0 unspecified atom stereocenters. The highest BCUT2D eigenvalue weighted by Gasteiger charge is 2.24. The summed E-state index contributed by atoms with van der Waals surface area (Å²) < 4.78 is 11.0. The fourth-order valence-electron chi connectivity index (χ4n) is 2.91. The molecule has 7 heteroatoms. The van der Waals surface area contributed by atoms with Gasteiger partial charge in [0.05, 0.1) is 6.61 Å². The van der Waals surface area contributed by atoms with Crippen LogP contribution in [0.3, 0.4) is 0 Å². The molecule has 1 amide bonds. The number of piperidine rings is 1. The minimum Gasteiger partial charge on any atom is -0.477 e. The minimum absolute atomic E-state index is 0.0384. The lowest BCUT2D eigenvalue weighted by molar-refractivity contribution is 0.0688. The van der Waals surface area contributed by atoms with Gasteiger partial charge in [0.25, 0.3) is 0 Å². The van der Waals surface area contributed by atoms with Crippen LogP contribution in [0.25, 0.3) is 0 Å². The van der Waals surface area contributed by atoms with E-state index in [1.54, 1.807) is 17.0 Å². The molecular weight excluding hydrogens is 348 g/mol. The van der Waals surface area contributed by atoms with Crippen LogP contribution in [0.5, 0.6) is 5.88 Å². The lowest BCUT2D eigenvalue weighted by atomic mass is 9.98. The number of pyridine rings is 1. The Kier molecular flexibility index (Phi) is 6.25. The van der Waals surface area contributed by atoms with Crippen molar-refractivity contribution < 1.29 is 24.2 Å². The first-order valence-corrected chi connectivity index (χ1v) is 8.90. The number of carbonyl (C=O) groups excluding carboxylic acids is 1. The van der Waals surface area contributed by atoms with Crippen LogP contribution in [0.4, 0.5) is 4.79 Å². The standard InChI is InChI=1S/C20H22N2O5/c23-19(24)17-7-4-8-18(21-17)26-13-16-9-11-22(12-10-16)20(25)27-14-15-5-2-1-3-6-15/h1-8,16H,9-14H2,(H,23,24). The number of carboxylic acids is 1. The Morgan fingerprint density at radius 2 is 1.81 bits per heavy atom. The Morgan fingerprint density at radius 3 is 2.52 bits per heavy atom. The molecule has 1 aromatic heterocycles. The van der Waals surface area contributed by atoms with Crippen molar-refractivity contribution in [3.8, 4) is 5.88 Å². The molecule has 2 heterocycles. The van der Waals surface area contributed by atoms with Crippen molar-refractivity contribution in [2.24, 2.45) is 5.92 Å². The van der Waals surface area contributed by atoms with Gasteiger partial charge in [-0.05, 0) is 30.4 Å². The first kappa shape index (κ1) is 18.7. The summed E-state index contributed by atoms with van der Waals surface area (Å²) >= 11 is 0. The molecule has 7 nitrogen and oxygen atoms in total. The zero-order valence-electron chi connectivity index (χ0n) is 14.9. The molecule has 1 aromatic carbocycles. The van der Waals surface area contributed by atoms with Gasteiger partial charge >= 0.3 is 12.1 Å². The maximum atomic E-state index is 12.2. The second-order valence-electron chi connectivity index (χ2n) is 6.45. The van der Waals surface area contributed by atoms with Crippen LogP contribution in [-0.4, -0.2) is 46.7 Å². The molecule has 0 atom stereocenters. The molecule has 0 bridgehead atoms. The van der Waals surface area contributed by atoms with Crippen molar-refractivity contribution >= 4 is 12.1 Å². The van der Waals surface area contributed by atoms with Gasteiger partial charge in [0, 0.05) is 19.2 Å². The van der Waals surface area contributed by atoms with E-state index in [4.69, 9.17) is 14.6 Å². The molecule has 0 spiro atoms. The predicted octanol–water partition coefficient (Wildman–Crippen LogP) is 3.21. The van der Waals surface area contributed by atoms with E-state index in [0.717, 1.165) is 18.4 Å². The van der Waals surface area contributed by atoms with Gasteiger partial charge in [0.1, 0.15) is 6.61 Å². The number of carboxylic acid groups (broad SMARTS) is 1. The summed E-state index contributed by atoms with van der Waals surface area (Å²) in [5.74, 6) is -0.485. The molecule has 27 heavy (non-hydrogen) atoms. The number of hydrogen-bond donors (Lipinski definition) is 1. The van der Waals surface area contributed by atoms with E-state index in [9.17, 15) is 9.59 Å². The van der Waals surface area contributed by atoms with Crippen LogP contribution in [0.1, 0.15) is 28.9 Å². The summed E-state index contributed by atoms with van der Waals surface area (Å²) in [6.45, 7) is 1.95. The Hall–Kier alpha value is -3.09. The summed E-state index contributed by atoms with van der Waals surface area (Å²) in [5.41, 5.74) is 0.925. The molecule has 142 valence electrons. The maximum Gasteiger partial charge on any atom is 0.410 e. The highest BCUT2D eigenvalue weighted by molar-refractivity contribution is 5.85. The van der Waals surface area contributed by atoms with Crippen LogP contribution < -0.4 is 4.74 Å². The number of carbonyl (C=O) groups is 2. The SMILES string of the molecule is O=C(O)c1cccc(OCC2CCN(C(=O)OCc3ccccc3)CC2)n1. The van der Waals surface area contributed by atoms with Crippen LogP contribution in [0.15, 0.2) is 48.5 Å². The first-order chi connectivity index (χ1) is 13.1. The molecule has 0 radical (unpaired) electrons. The third-order valence-corrected chi connectivity index (χ3v) is 4.49. The fourth-order valence-corrected chi connectivity index (χ4v) is 2.91. The Bertz CT molecular complexity index is 773. The molecular formula is C20H22N2O5. The average molecular weight is 370 g/mol. The Morgan fingerprint density at radius 1 is 1.07 bits per heavy atom. The Balaban J connectivity index is 1.40. The van der Waals surface area contributed by atoms with E-state index in [1.165, 1.54) is 6.07 Å². The van der Waals surface area contributed by atoms with Gasteiger partial charge < -0.3 is 19.5 Å². The third kappa shape index (κ3) is 5.44. The number of ether oxygens (including phenoxy) is 2. The van der Waals surface area contributed by atoms with Crippen molar-refractivity contribution in [2.75, 3.05) is 19.7 Å². The van der Waals surface area contributed by atoms with Crippen molar-refractivity contribution in [2.45, 2.75) is 19.4 Å². The number of hydrogen-bond acceptors (Lipinski definition) is 5. The summed E-state index contributed by atoms with van der Waals surface area (Å²) in [6, 6.07) is 14.3. The smallest absolute Gasteiger partial charge is 0.410 e.